The number of aromatic nitrogens is 3. The first-order chi connectivity index (χ1) is 10.2. The van der Waals surface area contributed by atoms with Crippen molar-refractivity contribution in [1.82, 2.24) is 19.9 Å². The monoisotopic (exact) mass is 300 g/mol. The van der Waals surface area contributed by atoms with Gasteiger partial charge >= 0.3 is 0 Å². The number of carbonyl (C=O) groups excluding carboxylic acids is 1. The molecule has 108 valence electrons. The highest BCUT2D eigenvalue weighted by molar-refractivity contribution is 7.14. The van der Waals surface area contributed by atoms with Crippen LogP contribution in [0.3, 0.4) is 0 Å². The van der Waals surface area contributed by atoms with Gasteiger partial charge in [0.05, 0.1) is 11.4 Å². The maximum Gasteiger partial charge on any atom is 0.261 e. The lowest BCUT2D eigenvalue weighted by molar-refractivity contribution is 0.0954. The number of nitrogens with one attached hydrogen (secondary N) is 1. The highest BCUT2D eigenvalue weighted by Crippen LogP contribution is 2.21. The largest absolute Gasteiger partial charge is 0.344 e. The summed E-state index contributed by atoms with van der Waals surface area (Å²) in [4.78, 5) is 14.2. The molecule has 0 aliphatic carbocycles. The van der Waals surface area contributed by atoms with E-state index in [4.69, 9.17) is 0 Å². The number of nitrogens with zero attached hydrogens (tertiary/aromatic N) is 3. The van der Waals surface area contributed by atoms with Gasteiger partial charge < -0.3 is 5.32 Å². The molecule has 5 nitrogen and oxygen atoms in total. The summed E-state index contributed by atoms with van der Waals surface area (Å²) in [6.45, 7) is 4.51. The van der Waals surface area contributed by atoms with Gasteiger partial charge in [0, 0.05) is 11.1 Å². The number of fused-ring (bicyclic) bond motifs is 1. The van der Waals surface area contributed by atoms with Crippen LogP contribution in [0, 0.1) is 6.92 Å². The van der Waals surface area contributed by atoms with Crippen LogP contribution in [0.1, 0.15) is 32.9 Å². The van der Waals surface area contributed by atoms with Crippen LogP contribution in [0.5, 0.6) is 0 Å². The molecule has 0 aliphatic heterocycles. The van der Waals surface area contributed by atoms with Crippen molar-refractivity contribution in [2.45, 2.75) is 26.8 Å². The lowest BCUT2D eigenvalue weighted by atomic mass is 10.2. The van der Waals surface area contributed by atoms with E-state index in [-0.39, 0.29) is 5.91 Å². The van der Waals surface area contributed by atoms with Crippen LogP contribution in [0.2, 0.25) is 0 Å². The number of carbonyl (C=O) groups is 1. The lowest BCUT2D eigenvalue weighted by Crippen LogP contribution is -2.23. The summed E-state index contributed by atoms with van der Waals surface area (Å²) < 4.78 is 1.87. The van der Waals surface area contributed by atoms with E-state index in [0.29, 0.717) is 6.54 Å². The number of hydrogen-bond acceptors (Lipinski definition) is 4. The number of aryl methyl sites for hydroxylation is 2. The van der Waals surface area contributed by atoms with E-state index in [1.807, 2.05) is 41.8 Å². The molecule has 3 rings (SSSR count). The molecule has 0 aliphatic rings. The Morgan fingerprint density at radius 2 is 2.24 bits per heavy atom. The average molecular weight is 300 g/mol. The van der Waals surface area contributed by atoms with Crippen LogP contribution < -0.4 is 5.32 Å². The van der Waals surface area contributed by atoms with Gasteiger partial charge in [0.1, 0.15) is 0 Å². The van der Waals surface area contributed by atoms with Crippen molar-refractivity contribution < 1.29 is 4.79 Å². The minimum atomic E-state index is -0.0597. The fourth-order valence-electron chi connectivity index (χ4n) is 2.24. The zero-order chi connectivity index (χ0) is 14.8. The van der Waals surface area contributed by atoms with Gasteiger partial charge in [-0.1, -0.05) is 13.0 Å². The van der Waals surface area contributed by atoms with Gasteiger partial charge in [0.15, 0.2) is 11.5 Å². The van der Waals surface area contributed by atoms with Crippen LogP contribution in [0.4, 0.5) is 0 Å². The zero-order valence-electron chi connectivity index (χ0n) is 12.0. The Balaban J connectivity index is 1.73. The molecule has 0 fully saturated rings. The van der Waals surface area contributed by atoms with Crippen LogP contribution in [0.15, 0.2) is 30.5 Å². The summed E-state index contributed by atoms with van der Waals surface area (Å²) in [7, 11) is 0. The van der Waals surface area contributed by atoms with Crippen molar-refractivity contribution in [1.29, 1.82) is 0 Å². The minimum absolute atomic E-state index is 0.0597. The van der Waals surface area contributed by atoms with Gasteiger partial charge in [-0.25, -0.2) is 0 Å². The van der Waals surface area contributed by atoms with Gasteiger partial charge in [-0.15, -0.1) is 21.5 Å². The van der Waals surface area contributed by atoms with Gasteiger partial charge in [-0.2, -0.15) is 0 Å². The van der Waals surface area contributed by atoms with E-state index in [1.54, 1.807) is 0 Å². The lowest BCUT2D eigenvalue weighted by Gasteiger charge is -2.02. The molecule has 1 amide bonds. The molecule has 3 aromatic rings. The number of hydrogen-bond donors (Lipinski definition) is 1. The minimum Gasteiger partial charge on any atom is -0.344 e. The molecule has 21 heavy (non-hydrogen) atoms. The highest BCUT2D eigenvalue weighted by Gasteiger charge is 2.12. The summed E-state index contributed by atoms with van der Waals surface area (Å²) in [5, 5.41) is 11.1. The summed E-state index contributed by atoms with van der Waals surface area (Å²) in [6.07, 6.45) is 2.84. The quantitative estimate of drug-likeness (QED) is 0.805. The Bertz CT molecular complexity index is 790. The summed E-state index contributed by atoms with van der Waals surface area (Å²) >= 11 is 1.53. The van der Waals surface area contributed by atoms with Gasteiger partial charge in [-0.05, 0) is 37.1 Å². The molecule has 0 radical (unpaired) electrons. The molecule has 0 saturated carbocycles. The number of pyridine rings is 1. The summed E-state index contributed by atoms with van der Waals surface area (Å²) in [5.74, 6) is 0.665. The summed E-state index contributed by atoms with van der Waals surface area (Å²) in [5.41, 5.74) is 2.01. The van der Waals surface area contributed by atoms with E-state index in [1.165, 1.54) is 21.8 Å². The van der Waals surface area contributed by atoms with E-state index in [0.717, 1.165) is 22.8 Å². The number of amides is 1. The Morgan fingerprint density at radius 1 is 1.38 bits per heavy atom. The topological polar surface area (TPSA) is 59.3 Å². The SMILES string of the molecule is CCc1cc(C(=O)NCc2nnc3ccccn23)sc1C. The van der Waals surface area contributed by atoms with Crippen molar-refractivity contribution in [3.05, 3.63) is 51.6 Å². The second kappa shape index (κ2) is 5.65. The number of rotatable bonds is 4. The van der Waals surface area contributed by atoms with Crippen LogP contribution in [-0.4, -0.2) is 20.5 Å². The van der Waals surface area contributed by atoms with Crippen molar-refractivity contribution >= 4 is 22.9 Å². The first kappa shape index (κ1) is 13.8. The predicted octanol–water partition coefficient (Wildman–Crippen LogP) is 2.59. The predicted molar refractivity (Wildman–Crippen MR) is 82.6 cm³/mol. The molecule has 6 heteroatoms. The second-order valence-electron chi connectivity index (χ2n) is 4.77. The van der Waals surface area contributed by atoms with Crippen LogP contribution in [-0.2, 0) is 13.0 Å². The van der Waals surface area contributed by atoms with E-state index >= 15 is 0 Å². The average Bonchev–Trinajstić information content (AvgIpc) is 3.08. The third-order valence-corrected chi connectivity index (χ3v) is 4.51. The van der Waals surface area contributed by atoms with Gasteiger partial charge in [0.2, 0.25) is 0 Å². The Morgan fingerprint density at radius 3 is 3.00 bits per heavy atom. The highest BCUT2D eigenvalue weighted by atomic mass is 32.1. The first-order valence-electron chi connectivity index (χ1n) is 6.85. The van der Waals surface area contributed by atoms with Gasteiger partial charge in [-0.3, -0.25) is 9.20 Å². The normalized spacial score (nSPS) is 11.0. The summed E-state index contributed by atoms with van der Waals surface area (Å²) in [6, 6.07) is 7.68. The van der Waals surface area contributed by atoms with E-state index in [9.17, 15) is 4.79 Å². The molecule has 0 unspecified atom stereocenters. The standard InChI is InChI=1S/C15H16N4OS/c1-3-11-8-12(21-10(11)2)15(20)16-9-14-18-17-13-6-4-5-7-19(13)14/h4-8H,3,9H2,1-2H3,(H,16,20). The fourth-order valence-corrected chi connectivity index (χ4v) is 3.27. The van der Waals surface area contributed by atoms with Crippen molar-refractivity contribution in [2.24, 2.45) is 0 Å². The molecule has 0 atom stereocenters. The molecule has 0 bridgehead atoms. The third kappa shape index (κ3) is 2.67. The third-order valence-electron chi connectivity index (χ3n) is 3.42. The maximum absolute atomic E-state index is 12.2. The molecule has 3 aromatic heterocycles. The van der Waals surface area contributed by atoms with E-state index < -0.39 is 0 Å². The zero-order valence-corrected chi connectivity index (χ0v) is 12.8. The van der Waals surface area contributed by atoms with Crippen molar-refractivity contribution in [2.75, 3.05) is 0 Å². The van der Waals surface area contributed by atoms with Crippen LogP contribution in [0.25, 0.3) is 5.65 Å². The maximum atomic E-state index is 12.2. The Kier molecular flexibility index (Phi) is 3.70. The molecule has 0 spiro atoms. The molecule has 0 aromatic carbocycles. The molecule has 1 N–H and O–H groups in total. The molecular formula is C15H16N4OS. The van der Waals surface area contributed by atoms with Crippen molar-refractivity contribution in [3.8, 4) is 0 Å². The Hall–Kier alpha value is -2.21. The second-order valence-corrected chi connectivity index (χ2v) is 6.03. The molecule has 3 heterocycles. The number of thiophene rings is 1. The Labute approximate surface area is 126 Å². The molecule has 0 saturated heterocycles. The van der Waals surface area contributed by atoms with Crippen LogP contribution >= 0.6 is 11.3 Å². The fraction of sp³-hybridized carbons (Fsp3) is 0.267. The van der Waals surface area contributed by atoms with Gasteiger partial charge in [0.25, 0.3) is 5.91 Å². The van der Waals surface area contributed by atoms with E-state index in [2.05, 4.69) is 22.4 Å². The smallest absolute Gasteiger partial charge is 0.261 e. The first-order valence-corrected chi connectivity index (χ1v) is 7.67. The molecular weight excluding hydrogens is 284 g/mol. The van der Waals surface area contributed by atoms with Crippen molar-refractivity contribution in [3.63, 3.8) is 0 Å².